The predicted octanol–water partition coefficient (Wildman–Crippen LogP) is 6.87. The van der Waals surface area contributed by atoms with E-state index in [2.05, 4.69) is 26.1 Å². The van der Waals surface area contributed by atoms with Crippen LogP contribution in [-0.2, 0) is 9.47 Å². The lowest BCUT2D eigenvalue weighted by atomic mass is 10.1. The fourth-order valence-corrected chi connectivity index (χ4v) is 2.95. The fourth-order valence-electron chi connectivity index (χ4n) is 2.95. The average molecular weight is 386 g/mol. The van der Waals surface area contributed by atoms with Gasteiger partial charge in [-0.05, 0) is 25.2 Å². The Morgan fingerprint density at radius 1 is 0.741 bits per heavy atom. The second-order valence-electron chi connectivity index (χ2n) is 8.10. The van der Waals surface area contributed by atoms with E-state index in [4.69, 9.17) is 9.47 Å². The molecule has 0 aromatic rings. The van der Waals surface area contributed by atoms with E-state index in [1.54, 1.807) is 0 Å². The van der Waals surface area contributed by atoms with Gasteiger partial charge < -0.3 is 14.8 Å². The minimum absolute atomic E-state index is 0.309. The van der Waals surface area contributed by atoms with Crippen LogP contribution in [0.25, 0.3) is 0 Å². The van der Waals surface area contributed by atoms with Gasteiger partial charge >= 0.3 is 6.09 Å². The molecule has 0 aliphatic rings. The summed E-state index contributed by atoms with van der Waals surface area (Å²) in [5.41, 5.74) is 0. The monoisotopic (exact) mass is 385 g/mol. The van der Waals surface area contributed by atoms with Crippen LogP contribution >= 0.6 is 0 Å². The van der Waals surface area contributed by atoms with E-state index in [1.165, 1.54) is 70.6 Å². The topological polar surface area (TPSA) is 47.6 Å². The van der Waals surface area contributed by atoms with Gasteiger partial charge in [-0.2, -0.15) is 0 Å². The van der Waals surface area contributed by atoms with Gasteiger partial charge in [-0.3, -0.25) is 0 Å². The summed E-state index contributed by atoms with van der Waals surface area (Å²) in [5.74, 6) is 0.562. The summed E-state index contributed by atoms with van der Waals surface area (Å²) in [4.78, 5) is 11.4. The quantitative estimate of drug-likeness (QED) is 0.233. The van der Waals surface area contributed by atoms with Crippen molar-refractivity contribution in [3.63, 3.8) is 0 Å². The summed E-state index contributed by atoms with van der Waals surface area (Å²) in [7, 11) is 0. The zero-order valence-corrected chi connectivity index (χ0v) is 18.5. The molecular weight excluding hydrogens is 338 g/mol. The minimum Gasteiger partial charge on any atom is -0.450 e. The van der Waals surface area contributed by atoms with E-state index in [0.717, 1.165) is 25.9 Å². The SMILES string of the molecule is CCCCCCCCCCCCCCOCCCNC(=O)OCCC(C)C. The molecule has 0 aromatic heterocycles. The Morgan fingerprint density at radius 2 is 1.26 bits per heavy atom. The van der Waals surface area contributed by atoms with Crippen molar-refractivity contribution in [1.82, 2.24) is 5.32 Å². The molecule has 162 valence electrons. The van der Waals surface area contributed by atoms with E-state index in [-0.39, 0.29) is 6.09 Å². The Balaban J connectivity index is 3.09. The number of alkyl carbamates (subject to hydrolysis) is 1. The van der Waals surface area contributed by atoms with Crippen LogP contribution in [0.1, 0.15) is 111 Å². The van der Waals surface area contributed by atoms with Crippen molar-refractivity contribution in [2.45, 2.75) is 111 Å². The maximum Gasteiger partial charge on any atom is 0.407 e. The molecule has 0 aliphatic carbocycles. The molecule has 0 unspecified atom stereocenters. The molecule has 1 amide bonds. The molecule has 0 heterocycles. The van der Waals surface area contributed by atoms with Gasteiger partial charge in [-0.25, -0.2) is 4.79 Å². The summed E-state index contributed by atoms with van der Waals surface area (Å²) >= 11 is 0. The van der Waals surface area contributed by atoms with Crippen molar-refractivity contribution in [3.05, 3.63) is 0 Å². The highest BCUT2D eigenvalue weighted by atomic mass is 16.5. The van der Waals surface area contributed by atoms with Gasteiger partial charge in [-0.15, -0.1) is 0 Å². The van der Waals surface area contributed by atoms with Crippen molar-refractivity contribution in [2.75, 3.05) is 26.4 Å². The van der Waals surface area contributed by atoms with Crippen molar-refractivity contribution in [3.8, 4) is 0 Å². The largest absolute Gasteiger partial charge is 0.450 e. The number of hydrogen-bond donors (Lipinski definition) is 1. The summed E-state index contributed by atoms with van der Waals surface area (Å²) in [6, 6.07) is 0. The normalized spacial score (nSPS) is 11.1. The number of rotatable bonds is 20. The molecule has 27 heavy (non-hydrogen) atoms. The average Bonchev–Trinajstić information content (AvgIpc) is 2.64. The lowest BCUT2D eigenvalue weighted by molar-refractivity contribution is 0.122. The molecule has 0 rings (SSSR count). The Kier molecular flexibility index (Phi) is 20.9. The van der Waals surface area contributed by atoms with Crippen molar-refractivity contribution in [2.24, 2.45) is 5.92 Å². The number of nitrogens with one attached hydrogen (secondary N) is 1. The Hall–Kier alpha value is -0.770. The molecule has 0 atom stereocenters. The van der Waals surface area contributed by atoms with Crippen LogP contribution in [0.2, 0.25) is 0 Å². The Bertz CT molecular complexity index is 308. The molecule has 4 heteroatoms. The highest BCUT2D eigenvalue weighted by Crippen LogP contribution is 2.11. The van der Waals surface area contributed by atoms with Gasteiger partial charge in [0.1, 0.15) is 0 Å². The first kappa shape index (κ1) is 26.2. The summed E-state index contributed by atoms with van der Waals surface area (Å²) in [5, 5.41) is 2.76. The zero-order chi connectivity index (χ0) is 20.0. The molecule has 0 bridgehead atoms. The molecule has 0 saturated heterocycles. The van der Waals surface area contributed by atoms with Crippen molar-refractivity contribution < 1.29 is 14.3 Å². The first-order valence-corrected chi connectivity index (χ1v) is 11.6. The van der Waals surface area contributed by atoms with Gasteiger partial charge in [0.15, 0.2) is 0 Å². The number of carbonyl (C=O) groups is 1. The maximum absolute atomic E-state index is 11.4. The van der Waals surface area contributed by atoms with E-state index in [1.807, 2.05) is 0 Å². The number of hydrogen-bond acceptors (Lipinski definition) is 3. The van der Waals surface area contributed by atoms with Crippen LogP contribution in [0, 0.1) is 5.92 Å². The second-order valence-corrected chi connectivity index (χ2v) is 8.10. The van der Waals surface area contributed by atoms with Crippen molar-refractivity contribution in [1.29, 1.82) is 0 Å². The molecule has 0 saturated carbocycles. The molecule has 4 nitrogen and oxygen atoms in total. The summed E-state index contributed by atoms with van der Waals surface area (Å²) in [6.45, 7) is 9.19. The van der Waals surface area contributed by atoms with Gasteiger partial charge in [-0.1, -0.05) is 91.4 Å². The lowest BCUT2D eigenvalue weighted by Gasteiger charge is -2.08. The predicted molar refractivity (Wildman–Crippen MR) is 115 cm³/mol. The van der Waals surface area contributed by atoms with Gasteiger partial charge in [0.05, 0.1) is 6.61 Å². The third-order valence-corrected chi connectivity index (χ3v) is 4.81. The van der Waals surface area contributed by atoms with E-state index < -0.39 is 0 Å². The molecule has 0 aliphatic heterocycles. The third-order valence-electron chi connectivity index (χ3n) is 4.81. The van der Waals surface area contributed by atoms with E-state index in [9.17, 15) is 4.79 Å². The van der Waals surface area contributed by atoms with Crippen LogP contribution in [0.15, 0.2) is 0 Å². The third kappa shape index (κ3) is 23.2. The van der Waals surface area contributed by atoms with E-state index in [0.29, 0.717) is 25.7 Å². The summed E-state index contributed by atoms with van der Waals surface area (Å²) in [6.07, 6.45) is 17.9. The van der Waals surface area contributed by atoms with Crippen LogP contribution in [-0.4, -0.2) is 32.5 Å². The minimum atomic E-state index is -0.309. The molecule has 0 aromatic carbocycles. The van der Waals surface area contributed by atoms with Crippen LogP contribution < -0.4 is 5.32 Å². The highest BCUT2D eigenvalue weighted by Gasteiger charge is 2.02. The first-order valence-electron chi connectivity index (χ1n) is 11.6. The first-order chi connectivity index (χ1) is 13.2. The van der Waals surface area contributed by atoms with Gasteiger partial charge in [0.25, 0.3) is 0 Å². The highest BCUT2D eigenvalue weighted by molar-refractivity contribution is 5.66. The van der Waals surface area contributed by atoms with Crippen LogP contribution in [0.5, 0.6) is 0 Å². The fraction of sp³-hybridized carbons (Fsp3) is 0.957. The second kappa shape index (κ2) is 21.5. The molecule has 1 N–H and O–H groups in total. The standard InChI is InChI=1S/C23H47NO3/c1-4-5-6-7-8-9-10-11-12-13-14-15-19-26-20-16-18-24-23(25)27-21-17-22(2)3/h22H,4-21H2,1-3H3,(H,24,25). The molecule has 0 radical (unpaired) electrons. The molecular formula is C23H47NO3. The van der Waals surface area contributed by atoms with Crippen LogP contribution in [0.3, 0.4) is 0 Å². The zero-order valence-electron chi connectivity index (χ0n) is 18.5. The number of carbonyl (C=O) groups excluding carboxylic acids is 1. The molecule has 0 fully saturated rings. The Labute approximate surface area is 169 Å². The molecule has 0 spiro atoms. The lowest BCUT2D eigenvalue weighted by Crippen LogP contribution is -2.26. The van der Waals surface area contributed by atoms with Gasteiger partial charge in [0.2, 0.25) is 0 Å². The maximum atomic E-state index is 11.4. The summed E-state index contributed by atoms with van der Waals surface area (Å²) < 4.78 is 10.7. The van der Waals surface area contributed by atoms with E-state index >= 15 is 0 Å². The number of amides is 1. The smallest absolute Gasteiger partial charge is 0.407 e. The number of ether oxygens (including phenoxy) is 2. The Morgan fingerprint density at radius 3 is 1.81 bits per heavy atom. The number of unbranched alkanes of at least 4 members (excludes halogenated alkanes) is 11. The van der Waals surface area contributed by atoms with Gasteiger partial charge in [0, 0.05) is 19.8 Å². The van der Waals surface area contributed by atoms with Crippen molar-refractivity contribution >= 4 is 6.09 Å². The van der Waals surface area contributed by atoms with Crippen LogP contribution in [0.4, 0.5) is 4.79 Å².